The molecule has 0 atom stereocenters. The monoisotopic (exact) mass is 275 g/mol. The second-order valence-electron chi connectivity index (χ2n) is 4.51. The van der Waals surface area contributed by atoms with Gasteiger partial charge in [0.2, 0.25) is 0 Å². The van der Waals surface area contributed by atoms with E-state index in [0.717, 1.165) is 25.3 Å². The minimum absolute atomic E-state index is 0.0452. The molecule has 0 saturated heterocycles. The number of imidazole rings is 1. The van der Waals surface area contributed by atoms with Gasteiger partial charge in [0.1, 0.15) is 11.6 Å². The zero-order valence-corrected chi connectivity index (χ0v) is 11.5. The van der Waals surface area contributed by atoms with Crippen molar-refractivity contribution < 1.29 is 9.90 Å². The van der Waals surface area contributed by atoms with Gasteiger partial charge in [0.15, 0.2) is 5.69 Å². The lowest BCUT2D eigenvalue weighted by molar-refractivity contribution is 0.0690. The van der Waals surface area contributed by atoms with Gasteiger partial charge in [0, 0.05) is 32.5 Å². The summed E-state index contributed by atoms with van der Waals surface area (Å²) in [5.74, 6) is 0.595. The maximum absolute atomic E-state index is 10.7. The zero-order chi connectivity index (χ0) is 14.5. The Balaban J connectivity index is 1.87. The standard InChI is InChI=1S/C13H17N5O2/c1-10-14-4-7-18(10)6-3-5-17(2)12-9-15-11(8-16-12)13(19)20/h4,7-9H,3,5-6H2,1-2H3,(H,19,20). The summed E-state index contributed by atoms with van der Waals surface area (Å²) in [4.78, 5) is 24.8. The number of aryl methyl sites for hydroxylation is 2. The molecule has 20 heavy (non-hydrogen) atoms. The van der Waals surface area contributed by atoms with Crippen LogP contribution in [0.4, 0.5) is 5.82 Å². The number of rotatable bonds is 6. The van der Waals surface area contributed by atoms with Crippen LogP contribution >= 0.6 is 0 Å². The molecule has 2 aromatic rings. The molecule has 0 aliphatic carbocycles. The smallest absolute Gasteiger partial charge is 0.356 e. The fourth-order valence-electron chi connectivity index (χ4n) is 1.86. The number of carboxylic acids is 1. The average Bonchev–Trinajstić information content (AvgIpc) is 2.84. The van der Waals surface area contributed by atoms with Gasteiger partial charge >= 0.3 is 5.97 Å². The summed E-state index contributed by atoms with van der Waals surface area (Å²) in [5.41, 5.74) is -0.0452. The van der Waals surface area contributed by atoms with E-state index in [1.807, 2.05) is 25.1 Å². The first-order valence-corrected chi connectivity index (χ1v) is 6.32. The van der Waals surface area contributed by atoms with Crippen molar-refractivity contribution in [2.75, 3.05) is 18.5 Å². The van der Waals surface area contributed by atoms with Gasteiger partial charge in [-0.25, -0.2) is 19.7 Å². The van der Waals surface area contributed by atoms with Crippen LogP contribution in [0.3, 0.4) is 0 Å². The molecule has 0 saturated carbocycles. The third-order valence-corrected chi connectivity index (χ3v) is 3.06. The summed E-state index contributed by atoms with van der Waals surface area (Å²) in [6.07, 6.45) is 7.43. The Bertz CT molecular complexity index is 579. The lowest BCUT2D eigenvalue weighted by Crippen LogP contribution is -2.21. The highest BCUT2D eigenvalue weighted by atomic mass is 16.4. The molecule has 7 nitrogen and oxygen atoms in total. The van der Waals surface area contributed by atoms with Crippen molar-refractivity contribution in [2.45, 2.75) is 19.9 Å². The predicted molar refractivity (Wildman–Crippen MR) is 73.8 cm³/mol. The number of aromatic nitrogens is 4. The van der Waals surface area contributed by atoms with Crippen LogP contribution in [0.5, 0.6) is 0 Å². The number of carboxylic acid groups (broad SMARTS) is 1. The lowest BCUT2D eigenvalue weighted by Gasteiger charge is -2.17. The Hall–Kier alpha value is -2.44. The maximum atomic E-state index is 10.7. The topological polar surface area (TPSA) is 84.1 Å². The summed E-state index contributed by atoms with van der Waals surface area (Å²) in [5, 5.41) is 8.76. The SMILES string of the molecule is Cc1nccn1CCCN(C)c1cnc(C(=O)O)cn1. The van der Waals surface area contributed by atoms with Gasteiger partial charge in [-0.15, -0.1) is 0 Å². The molecule has 2 aromatic heterocycles. The van der Waals surface area contributed by atoms with E-state index in [9.17, 15) is 4.79 Å². The first kappa shape index (κ1) is 14.0. The minimum Gasteiger partial charge on any atom is -0.476 e. The summed E-state index contributed by atoms with van der Waals surface area (Å²) in [6.45, 7) is 3.66. The second kappa shape index (κ2) is 6.14. The Morgan fingerprint density at radius 2 is 2.15 bits per heavy atom. The van der Waals surface area contributed by atoms with Crippen molar-refractivity contribution in [3.05, 3.63) is 36.3 Å². The Morgan fingerprint density at radius 3 is 2.70 bits per heavy atom. The van der Waals surface area contributed by atoms with Crippen LogP contribution < -0.4 is 4.90 Å². The number of hydrogen-bond acceptors (Lipinski definition) is 5. The van der Waals surface area contributed by atoms with E-state index in [1.165, 1.54) is 12.4 Å². The molecule has 1 N–H and O–H groups in total. The average molecular weight is 275 g/mol. The molecule has 0 amide bonds. The third kappa shape index (κ3) is 3.31. The summed E-state index contributed by atoms with van der Waals surface area (Å²) < 4.78 is 2.09. The highest BCUT2D eigenvalue weighted by Crippen LogP contribution is 2.08. The largest absolute Gasteiger partial charge is 0.476 e. The Kier molecular flexibility index (Phi) is 4.29. The van der Waals surface area contributed by atoms with Crippen molar-refractivity contribution >= 4 is 11.8 Å². The molecule has 0 aromatic carbocycles. The molecule has 0 bridgehead atoms. The highest BCUT2D eigenvalue weighted by molar-refractivity contribution is 5.84. The van der Waals surface area contributed by atoms with Crippen LogP contribution in [0.1, 0.15) is 22.7 Å². The van der Waals surface area contributed by atoms with Crippen molar-refractivity contribution in [1.82, 2.24) is 19.5 Å². The molecule has 0 fully saturated rings. The molecule has 0 spiro atoms. The van der Waals surface area contributed by atoms with E-state index in [4.69, 9.17) is 5.11 Å². The molecule has 0 unspecified atom stereocenters. The van der Waals surface area contributed by atoms with E-state index in [-0.39, 0.29) is 5.69 Å². The van der Waals surface area contributed by atoms with Crippen LogP contribution in [-0.4, -0.2) is 44.2 Å². The van der Waals surface area contributed by atoms with E-state index in [1.54, 1.807) is 6.20 Å². The van der Waals surface area contributed by atoms with Gasteiger partial charge in [-0.3, -0.25) is 0 Å². The van der Waals surface area contributed by atoms with Crippen LogP contribution in [0.25, 0.3) is 0 Å². The van der Waals surface area contributed by atoms with Crippen LogP contribution in [0.15, 0.2) is 24.8 Å². The number of carbonyl (C=O) groups is 1. The van der Waals surface area contributed by atoms with Gasteiger partial charge in [-0.1, -0.05) is 0 Å². The fraction of sp³-hybridized carbons (Fsp3) is 0.385. The van der Waals surface area contributed by atoms with Gasteiger partial charge in [0.05, 0.1) is 12.4 Å². The molecular formula is C13H17N5O2. The van der Waals surface area contributed by atoms with E-state index >= 15 is 0 Å². The van der Waals surface area contributed by atoms with Crippen LogP contribution in [-0.2, 0) is 6.54 Å². The normalized spacial score (nSPS) is 10.5. The minimum atomic E-state index is -1.07. The van der Waals surface area contributed by atoms with Gasteiger partial charge in [0.25, 0.3) is 0 Å². The van der Waals surface area contributed by atoms with E-state index in [0.29, 0.717) is 5.82 Å². The van der Waals surface area contributed by atoms with Crippen LogP contribution in [0, 0.1) is 6.92 Å². The lowest BCUT2D eigenvalue weighted by atomic mass is 10.3. The maximum Gasteiger partial charge on any atom is 0.356 e. The Labute approximate surface area is 116 Å². The van der Waals surface area contributed by atoms with E-state index < -0.39 is 5.97 Å². The van der Waals surface area contributed by atoms with Crippen molar-refractivity contribution in [1.29, 1.82) is 0 Å². The van der Waals surface area contributed by atoms with Crippen molar-refractivity contribution in [3.63, 3.8) is 0 Å². The number of aromatic carboxylic acids is 1. The van der Waals surface area contributed by atoms with Gasteiger partial charge < -0.3 is 14.6 Å². The summed E-state index contributed by atoms with van der Waals surface area (Å²) in [6, 6.07) is 0. The molecule has 0 aliphatic rings. The summed E-state index contributed by atoms with van der Waals surface area (Å²) in [7, 11) is 1.91. The zero-order valence-electron chi connectivity index (χ0n) is 11.5. The number of anilines is 1. The summed E-state index contributed by atoms with van der Waals surface area (Å²) >= 11 is 0. The second-order valence-corrected chi connectivity index (χ2v) is 4.51. The van der Waals surface area contributed by atoms with Gasteiger partial charge in [-0.2, -0.15) is 0 Å². The van der Waals surface area contributed by atoms with Gasteiger partial charge in [-0.05, 0) is 13.3 Å². The fourth-order valence-corrected chi connectivity index (χ4v) is 1.86. The molecule has 106 valence electrons. The Morgan fingerprint density at radius 1 is 1.35 bits per heavy atom. The molecule has 2 heterocycles. The first-order chi connectivity index (χ1) is 9.58. The molecule has 0 aliphatic heterocycles. The molecular weight excluding hydrogens is 258 g/mol. The number of hydrogen-bond donors (Lipinski definition) is 1. The molecule has 2 rings (SSSR count). The third-order valence-electron chi connectivity index (χ3n) is 3.06. The van der Waals surface area contributed by atoms with E-state index in [2.05, 4.69) is 19.5 Å². The quantitative estimate of drug-likeness (QED) is 0.853. The highest BCUT2D eigenvalue weighted by Gasteiger charge is 2.07. The molecule has 7 heteroatoms. The van der Waals surface area contributed by atoms with Crippen molar-refractivity contribution in [2.24, 2.45) is 0 Å². The number of nitrogens with zero attached hydrogens (tertiary/aromatic N) is 5. The van der Waals surface area contributed by atoms with Crippen molar-refractivity contribution in [3.8, 4) is 0 Å². The van der Waals surface area contributed by atoms with Crippen LogP contribution in [0.2, 0.25) is 0 Å². The predicted octanol–water partition coefficient (Wildman–Crippen LogP) is 1.21. The first-order valence-electron chi connectivity index (χ1n) is 6.32. The molecule has 0 radical (unpaired) electrons.